The zero-order chi connectivity index (χ0) is 12.1. The Kier molecular flexibility index (Phi) is 4.53. The second kappa shape index (κ2) is 6.14. The first-order valence-corrected chi connectivity index (χ1v) is 6.01. The van der Waals surface area contributed by atoms with Crippen molar-refractivity contribution in [2.45, 2.75) is 26.1 Å². The van der Waals surface area contributed by atoms with Gasteiger partial charge in [0.1, 0.15) is 17.9 Å². The first-order chi connectivity index (χ1) is 8.28. The minimum absolute atomic E-state index is 0.0564. The van der Waals surface area contributed by atoms with E-state index < -0.39 is 0 Å². The number of nitrogens with zero attached hydrogens (tertiary/aromatic N) is 2. The Morgan fingerprint density at radius 3 is 3.12 bits per heavy atom. The second-order valence-corrected chi connectivity index (χ2v) is 4.07. The van der Waals surface area contributed by atoms with Crippen LogP contribution in [0, 0.1) is 0 Å². The molecule has 0 spiro atoms. The summed E-state index contributed by atoms with van der Waals surface area (Å²) in [5.41, 5.74) is 0. The Hall–Kier alpha value is -0.910. The van der Waals surface area contributed by atoms with Gasteiger partial charge in [-0.3, -0.25) is 0 Å². The summed E-state index contributed by atoms with van der Waals surface area (Å²) in [4.78, 5) is 8.30. The average molecular weight is 259 g/mol. The maximum absolute atomic E-state index is 5.90. The molecule has 2 heterocycles. The van der Waals surface area contributed by atoms with Gasteiger partial charge in [0.05, 0.1) is 13.2 Å². The molecule has 1 unspecified atom stereocenters. The van der Waals surface area contributed by atoms with E-state index in [2.05, 4.69) is 9.97 Å². The molecule has 0 bridgehead atoms. The number of hydrogen-bond acceptors (Lipinski definition) is 5. The highest BCUT2D eigenvalue weighted by molar-refractivity contribution is 6.29. The van der Waals surface area contributed by atoms with Crippen molar-refractivity contribution in [3.05, 3.63) is 17.0 Å². The molecule has 1 aromatic rings. The molecule has 0 aromatic carbocycles. The molecule has 2 rings (SSSR count). The molecule has 0 N–H and O–H groups in total. The fraction of sp³-hybridized carbons (Fsp3) is 0.636. The van der Waals surface area contributed by atoms with Crippen LogP contribution in [0.3, 0.4) is 0 Å². The third kappa shape index (κ3) is 3.80. The molecule has 1 fully saturated rings. The lowest BCUT2D eigenvalue weighted by Crippen LogP contribution is -2.17. The Bertz CT molecular complexity index is 370. The highest BCUT2D eigenvalue weighted by Gasteiger charge is 2.18. The van der Waals surface area contributed by atoms with Crippen molar-refractivity contribution < 1.29 is 14.2 Å². The van der Waals surface area contributed by atoms with Crippen LogP contribution in [0.1, 0.15) is 19.2 Å². The molecule has 5 nitrogen and oxygen atoms in total. The van der Waals surface area contributed by atoms with E-state index in [9.17, 15) is 0 Å². The largest absolute Gasteiger partial charge is 0.472 e. The van der Waals surface area contributed by atoms with Gasteiger partial charge in [-0.05, 0) is 6.92 Å². The first-order valence-electron chi connectivity index (χ1n) is 5.63. The van der Waals surface area contributed by atoms with E-state index >= 15 is 0 Å². The summed E-state index contributed by atoms with van der Waals surface area (Å²) >= 11 is 5.90. The highest BCUT2D eigenvalue weighted by atomic mass is 35.5. The van der Waals surface area contributed by atoms with Gasteiger partial charge in [0.25, 0.3) is 0 Å². The normalized spacial score (nSPS) is 19.5. The van der Waals surface area contributed by atoms with Crippen molar-refractivity contribution in [1.82, 2.24) is 9.97 Å². The van der Waals surface area contributed by atoms with Gasteiger partial charge >= 0.3 is 0 Å². The van der Waals surface area contributed by atoms with E-state index in [4.69, 9.17) is 25.8 Å². The number of aromatic nitrogens is 2. The Balaban J connectivity index is 2.02. The molecule has 1 aromatic heterocycles. The molecular weight excluding hydrogens is 244 g/mol. The van der Waals surface area contributed by atoms with Crippen LogP contribution in [0.2, 0.25) is 5.15 Å². The van der Waals surface area contributed by atoms with Crippen molar-refractivity contribution in [3.63, 3.8) is 0 Å². The monoisotopic (exact) mass is 258 g/mol. The number of halogens is 1. The third-order valence-corrected chi connectivity index (χ3v) is 2.52. The summed E-state index contributed by atoms with van der Waals surface area (Å²) in [6.07, 6.45) is 0.934. The summed E-state index contributed by atoms with van der Waals surface area (Å²) < 4.78 is 16.1. The van der Waals surface area contributed by atoms with E-state index in [0.717, 1.165) is 13.0 Å². The Labute approximate surface area is 105 Å². The van der Waals surface area contributed by atoms with Gasteiger partial charge in [0.2, 0.25) is 5.88 Å². The summed E-state index contributed by atoms with van der Waals surface area (Å²) in [5.74, 6) is 1.02. The van der Waals surface area contributed by atoms with Crippen LogP contribution in [-0.4, -0.2) is 35.9 Å². The van der Waals surface area contributed by atoms with Gasteiger partial charge in [0.15, 0.2) is 5.82 Å². The van der Waals surface area contributed by atoms with Crippen LogP contribution in [0.25, 0.3) is 0 Å². The summed E-state index contributed by atoms with van der Waals surface area (Å²) in [7, 11) is 0. The quantitative estimate of drug-likeness (QED) is 0.755. The van der Waals surface area contributed by atoms with E-state index in [1.807, 2.05) is 6.92 Å². The molecule has 1 aliphatic rings. The number of hydrogen-bond donors (Lipinski definition) is 0. The van der Waals surface area contributed by atoms with Crippen LogP contribution in [0.5, 0.6) is 5.88 Å². The molecule has 94 valence electrons. The van der Waals surface area contributed by atoms with E-state index in [1.54, 1.807) is 6.07 Å². The van der Waals surface area contributed by atoms with Crippen molar-refractivity contribution in [2.75, 3.05) is 19.8 Å². The average Bonchev–Trinajstić information content (AvgIpc) is 2.78. The van der Waals surface area contributed by atoms with Gasteiger partial charge < -0.3 is 14.2 Å². The van der Waals surface area contributed by atoms with E-state index in [-0.39, 0.29) is 6.10 Å². The van der Waals surface area contributed by atoms with Crippen LogP contribution >= 0.6 is 11.6 Å². The molecule has 6 heteroatoms. The van der Waals surface area contributed by atoms with Crippen LogP contribution in [0.15, 0.2) is 6.07 Å². The molecule has 0 aliphatic carbocycles. The van der Waals surface area contributed by atoms with Gasteiger partial charge in [-0.1, -0.05) is 11.6 Å². The fourth-order valence-corrected chi connectivity index (χ4v) is 1.73. The minimum atomic E-state index is 0.0564. The summed E-state index contributed by atoms with van der Waals surface area (Å²) in [6, 6.07) is 1.61. The molecule has 1 aliphatic heterocycles. The lowest BCUT2D eigenvalue weighted by atomic mass is 10.3. The van der Waals surface area contributed by atoms with Gasteiger partial charge in [-0.2, -0.15) is 4.98 Å². The molecule has 0 amide bonds. The molecule has 17 heavy (non-hydrogen) atoms. The maximum atomic E-state index is 5.90. The lowest BCUT2D eigenvalue weighted by Gasteiger charge is -2.11. The molecule has 1 atom stereocenters. The van der Waals surface area contributed by atoms with Crippen LogP contribution < -0.4 is 4.74 Å². The molecule has 0 radical (unpaired) electrons. The standard InChI is InChI=1S/C11H15ClN2O3/c1-2-15-7-10-13-9(12)5-11(14-10)17-8-3-4-16-6-8/h5,8H,2-4,6-7H2,1H3. The molecular formula is C11H15ClN2O3. The van der Waals surface area contributed by atoms with Gasteiger partial charge in [-0.15, -0.1) is 0 Å². The number of ether oxygens (including phenoxy) is 3. The Morgan fingerprint density at radius 1 is 1.53 bits per heavy atom. The van der Waals surface area contributed by atoms with Crippen molar-refractivity contribution in [3.8, 4) is 5.88 Å². The van der Waals surface area contributed by atoms with Gasteiger partial charge in [0, 0.05) is 19.1 Å². The first kappa shape index (κ1) is 12.5. The topological polar surface area (TPSA) is 53.5 Å². The SMILES string of the molecule is CCOCc1nc(Cl)cc(OC2CCOC2)n1. The molecule has 1 saturated heterocycles. The van der Waals surface area contributed by atoms with Crippen molar-refractivity contribution >= 4 is 11.6 Å². The van der Waals surface area contributed by atoms with Crippen molar-refractivity contribution in [2.24, 2.45) is 0 Å². The smallest absolute Gasteiger partial charge is 0.218 e. The minimum Gasteiger partial charge on any atom is -0.472 e. The van der Waals surface area contributed by atoms with Crippen LogP contribution in [-0.2, 0) is 16.1 Å². The zero-order valence-electron chi connectivity index (χ0n) is 9.69. The van der Waals surface area contributed by atoms with Gasteiger partial charge in [-0.25, -0.2) is 4.98 Å². The predicted octanol–water partition coefficient (Wildman–Crippen LogP) is 1.83. The predicted molar refractivity (Wildman–Crippen MR) is 62.2 cm³/mol. The third-order valence-electron chi connectivity index (χ3n) is 2.33. The van der Waals surface area contributed by atoms with Crippen LogP contribution in [0.4, 0.5) is 0 Å². The lowest BCUT2D eigenvalue weighted by molar-refractivity contribution is 0.123. The number of rotatable bonds is 5. The summed E-state index contributed by atoms with van der Waals surface area (Å²) in [6.45, 7) is 4.20. The van der Waals surface area contributed by atoms with E-state index in [1.165, 1.54) is 0 Å². The second-order valence-electron chi connectivity index (χ2n) is 3.69. The highest BCUT2D eigenvalue weighted by Crippen LogP contribution is 2.18. The summed E-state index contributed by atoms with van der Waals surface area (Å²) in [5, 5.41) is 0.364. The fourth-order valence-electron chi connectivity index (χ4n) is 1.54. The Morgan fingerprint density at radius 2 is 2.41 bits per heavy atom. The maximum Gasteiger partial charge on any atom is 0.218 e. The molecule has 0 saturated carbocycles. The zero-order valence-corrected chi connectivity index (χ0v) is 10.4. The van der Waals surface area contributed by atoms with E-state index in [0.29, 0.717) is 36.7 Å². The van der Waals surface area contributed by atoms with Crippen molar-refractivity contribution in [1.29, 1.82) is 0 Å².